The quantitative estimate of drug-likeness (QED) is 0.443. The van der Waals surface area contributed by atoms with Crippen molar-refractivity contribution in [2.75, 3.05) is 6.61 Å². The third-order valence-corrected chi connectivity index (χ3v) is 1.81. The van der Waals surface area contributed by atoms with Crippen LogP contribution < -0.4 is 0 Å². The summed E-state index contributed by atoms with van der Waals surface area (Å²) < 4.78 is 41.5. The molecule has 0 aliphatic carbocycles. The van der Waals surface area contributed by atoms with Crippen molar-refractivity contribution in [1.82, 2.24) is 0 Å². The van der Waals surface area contributed by atoms with Crippen molar-refractivity contribution in [1.29, 1.82) is 0 Å². The lowest BCUT2D eigenvalue weighted by molar-refractivity contribution is -0.129. The van der Waals surface area contributed by atoms with Crippen LogP contribution in [-0.4, -0.2) is 12.8 Å². The Morgan fingerprint density at radius 2 is 1.94 bits per heavy atom. The molecule has 0 unspecified atom stereocenters. The van der Waals surface area contributed by atoms with Crippen LogP contribution in [0.4, 0.5) is 13.2 Å². The molecule has 0 saturated carbocycles. The molecule has 18 heavy (non-hydrogen) atoms. The van der Waals surface area contributed by atoms with Crippen LogP contribution in [0.3, 0.4) is 0 Å². The minimum Gasteiger partial charge on any atom is -0.482 e. The Kier molecular flexibility index (Phi) is 5.10. The van der Waals surface area contributed by atoms with E-state index in [4.69, 9.17) is 0 Å². The normalized spacial score (nSPS) is 9.78. The molecule has 4 heteroatoms. The van der Waals surface area contributed by atoms with E-state index in [1.54, 1.807) is 24.3 Å². The summed E-state index contributed by atoms with van der Waals surface area (Å²) >= 11 is 0. The van der Waals surface area contributed by atoms with E-state index in [2.05, 4.69) is 16.6 Å². The minimum absolute atomic E-state index is 0.0677. The molecular weight excluding hydrogens is 241 g/mol. The maximum Gasteiger partial charge on any atom is 0.457 e. The molecule has 0 aromatic heterocycles. The van der Waals surface area contributed by atoms with E-state index >= 15 is 0 Å². The Morgan fingerprint density at radius 3 is 2.50 bits per heavy atom. The van der Waals surface area contributed by atoms with Gasteiger partial charge in [0.1, 0.15) is 0 Å². The first-order valence-electron chi connectivity index (χ1n) is 5.25. The highest BCUT2D eigenvalue weighted by molar-refractivity contribution is 5.36. The number of ether oxygens (including phenoxy) is 1. The fourth-order valence-electron chi connectivity index (χ4n) is 1.09. The zero-order chi connectivity index (χ0) is 13.4. The first-order chi connectivity index (χ1) is 8.54. The molecule has 0 N–H and O–H groups in total. The Balaban J connectivity index is 2.87. The SMILES string of the molecule is CCOC(=C=CC#Cc1ccccc1)C(F)(F)F. The van der Waals surface area contributed by atoms with E-state index < -0.39 is 11.9 Å². The zero-order valence-electron chi connectivity index (χ0n) is 9.71. The number of hydrogen-bond donors (Lipinski definition) is 0. The predicted octanol–water partition coefficient (Wildman–Crippen LogP) is 3.68. The average molecular weight is 252 g/mol. The van der Waals surface area contributed by atoms with Gasteiger partial charge in [0.2, 0.25) is 5.76 Å². The summed E-state index contributed by atoms with van der Waals surface area (Å²) in [6, 6.07) is 8.95. The van der Waals surface area contributed by atoms with E-state index in [0.29, 0.717) is 0 Å². The van der Waals surface area contributed by atoms with Crippen LogP contribution in [0.25, 0.3) is 0 Å². The Hall–Kier alpha value is -2.11. The second-order valence-electron chi connectivity index (χ2n) is 3.18. The van der Waals surface area contributed by atoms with Crippen LogP contribution in [0.2, 0.25) is 0 Å². The molecule has 1 rings (SSSR count). The Labute approximate surface area is 104 Å². The molecule has 1 aromatic rings. The lowest BCUT2D eigenvalue weighted by Crippen LogP contribution is -2.13. The van der Waals surface area contributed by atoms with Gasteiger partial charge in [0, 0.05) is 11.6 Å². The fraction of sp³-hybridized carbons (Fsp3) is 0.214. The highest BCUT2D eigenvalue weighted by atomic mass is 19.4. The summed E-state index contributed by atoms with van der Waals surface area (Å²) in [7, 11) is 0. The number of hydrogen-bond acceptors (Lipinski definition) is 1. The van der Waals surface area contributed by atoms with Crippen LogP contribution >= 0.6 is 0 Å². The molecule has 0 atom stereocenters. The third-order valence-electron chi connectivity index (χ3n) is 1.81. The van der Waals surface area contributed by atoms with Crippen molar-refractivity contribution in [3.8, 4) is 11.8 Å². The van der Waals surface area contributed by atoms with Gasteiger partial charge in [0.25, 0.3) is 0 Å². The molecule has 1 nitrogen and oxygen atoms in total. The van der Waals surface area contributed by atoms with E-state index in [-0.39, 0.29) is 6.61 Å². The van der Waals surface area contributed by atoms with Gasteiger partial charge < -0.3 is 4.74 Å². The maximum atomic E-state index is 12.4. The summed E-state index contributed by atoms with van der Waals surface area (Å²) in [5.74, 6) is 4.01. The molecule has 0 radical (unpaired) electrons. The molecule has 0 aliphatic heterocycles. The molecule has 0 amide bonds. The lowest BCUT2D eigenvalue weighted by Gasteiger charge is -2.08. The van der Waals surface area contributed by atoms with Gasteiger partial charge >= 0.3 is 6.18 Å². The molecule has 0 saturated heterocycles. The van der Waals surface area contributed by atoms with Gasteiger partial charge in [0.15, 0.2) is 0 Å². The van der Waals surface area contributed by atoms with Crippen LogP contribution in [0, 0.1) is 11.8 Å². The van der Waals surface area contributed by atoms with E-state index in [9.17, 15) is 13.2 Å². The molecule has 0 fully saturated rings. The second-order valence-corrected chi connectivity index (χ2v) is 3.18. The van der Waals surface area contributed by atoms with Crippen molar-refractivity contribution < 1.29 is 17.9 Å². The van der Waals surface area contributed by atoms with Crippen molar-refractivity contribution in [2.24, 2.45) is 0 Å². The van der Waals surface area contributed by atoms with E-state index in [1.165, 1.54) is 6.92 Å². The topological polar surface area (TPSA) is 9.23 Å². The number of benzene rings is 1. The second kappa shape index (κ2) is 6.58. The molecule has 0 spiro atoms. The first kappa shape index (κ1) is 14.0. The standard InChI is InChI=1S/C14H11F3O/c1-2-18-13(14(15,16)17)11-7-6-10-12-8-4-3-5-9-12/h3-5,7-9H,2H2,1H3. The number of alkyl halides is 3. The number of rotatable bonds is 2. The molecule has 1 aromatic carbocycles. The summed E-state index contributed by atoms with van der Waals surface area (Å²) in [5, 5.41) is 0. The number of halogens is 3. The van der Waals surface area contributed by atoms with Crippen molar-refractivity contribution in [3.63, 3.8) is 0 Å². The van der Waals surface area contributed by atoms with E-state index in [1.807, 2.05) is 11.8 Å². The predicted molar refractivity (Wildman–Crippen MR) is 62.6 cm³/mol. The Bertz CT molecular complexity index is 497. The van der Waals surface area contributed by atoms with Gasteiger partial charge in [0.05, 0.1) is 6.61 Å². The molecule has 0 aliphatic rings. The van der Waals surface area contributed by atoms with Gasteiger partial charge in [-0.15, -0.1) is 0 Å². The van der Waals surface area contributed by atoms with Gasteiger partial charge in [-0.25, -0.2) is 0 Å². The molecule has 0 bridgehead atoms. The first-order valence-corrected chi connectivity index (χ1v) is 5.25. The monoisotopic (exact) mass is 252 g/mol. The molecule has 0 heterocycles. The minimum atomic E-state index is -4.54. The summed E-state index contributed by atoms with van der Waals surface area (Å²) in [5.41, 5.74) is 2.72. The molecule has 94 valence electrons. The van der Waals surface area contributed by atoms with Crippen molar-refractivity contribution in [2.45, 2.75) is 13.1 Å². The number of allylic oxidation sites excluding steroid dienone is 1. The van der Waals surface area contributed by atoms with E-state index in [0.717, 1.165) is 11.6 Å². The molecular formula is C14H11F3O. The van der Waals surface area contributed by atoms with Gasteiger partial charge in [-0.2, -0.15) is 13.2 Å². The highest BCUT2D eigenvalue weighted by Gasteiger charge is 2.35. The summed E-state index contributed by atoms with van der Waals surface area (Å²) in [6.07, 6.45) is -3.54. The Morgan fingerprint density at radius 1 is 1.28 bits per heavy atom. The fourth-order valence-corrected chi connectivity index (χ4v) is 1.09. The van der Waals surface area contributed by atoms with Gasteiger partial charge in [-0.05, 0) is 19.1 Å². The lowest BCUT2D eigenvalue weighted by atomic mass is 10.2. The van der Waals surface area contributed by atoms with Gasteiger partial charge in [-0.1, -0.05) is 35.8 Å². The van der Waals surface area contributed by atoms with Crippen molar-refractivity contribution >= 4 is 0 Å². The average Bonchev–Trinajstić information content (AvgIpc) is 2.33. The van der Waals surface area contributed by atoms with Crippen LogP contribution in [0.1, 0.15) is 12.5 Å². The highest BCUT2D eigenvalue weighted by Crippen LogP contribution is 2.25. The largest absolute Gasteiger partial charge is 0.482 e. The van der Waals surface area contributed by atoms with Crippen LogP contribution in [0.15, 0.2) is 47.9 Å². The van der Waals surface area contributed by atoms with Crippen molar-refractivity contribution in [3.05, 3.63) is 53.5 Å². The summed E-state index contributed by atoms with van der Waals surface area (Å²) in [4.78, 5) is 0. The zero-order valence-corrected chi connectivity index (χ0v) is 9.71. The summed E-state index contributed by atoms with van der Waals surface area (Å²) in [6.45, 7) is 1.41. The van der Waals surface area contributed by atoms with Crippen LogP contribution in [0.5, 0.6) is 0 Å². The van der Waals surface area contributed by atoms with Gasteiger partial charge in [-0.3, -0.25) is 0 Å². The smallest absolute Gasteiger partial charge is 0.457 e. The third kappa shape index (κ3) is 4.82. The van der Waals surface area contributed by atoms with Crippen LogP contribution in [-0.2, 0) is 4.74 Å². The maximum absolute atomic E-state index is 12.4.